The van der Waals surface area contributed by atoms with E-state index >= 15 is 0 Å². The van der Waals surface area contributed by atoms with Gasteiger partial charge in [0.15, 0.2) is 23.9 Å². The number of carbonyl (C=O) groups is 2. The fourth-order valence-corrected chi connectivity index (χ4v) is 5.92. The number of carbonyl (C=O) groups excluding carboxylic acids is 2. The fraction of sp³-hybridized carbons (Fsp3) is 0.310. The smallest absolute Gasteiger partial charge is 0.255 e. The Labute approximate surface area is 219 Å². The minimum Gasteiger partial charge on any atom is -0.490 e. The molecule has 3 aromatic carbocycles. The van der Waals surface area contributed by atoms with Gasteiger partial charge in [-0.05, 0) is 58.9 Å². The summed E-state index contributed by atoms with van der Waals surface area (Å²) in [4.78, 5) is 25.0. The van der Waals surface area contributed by atoms with Gasteiger partial charge in [-0.25, -0.2) is 0 Å². The minimum atomic E-state index is -0.569. The molecule has 1 unspecified atom stereocenters. The van der Waals surface area contributed by atoms with Crippen molar-refractivity contribution in [3.63, 3.8) is 0 Å². The zero-order chi connectivity index (χ0) is 25.6. The van der Waals surface area contributed by atoms with E-state index in [9.17, 15) is 9.59 Å². The number of anilines is 1. The number of amides is 1. The first-order chi connectivity index (χ1) is 17.2. The highest BCUT2D eigenvalue weighted by atomic mass is 79.9. The number of primary amides is 1. The molecule has 186 valence electrons. The van der Waals surface area contributed by atoms with Crippen LogP contribution in [0.3, 0.4) is 0 Å². The molecule has 3 aromatic rings. The van der Waals surface area contributed by atoms with Crippen molar-refractivity contribution in [2.24, 2.45) is 11.1 Å². The molecule has 3 N–H and O–H groups in total. The van der Waals surface area contributed by atoms with E-state index in [2.05, 4.69) is 59.4 Å². The van der Waals surface area contributed by atoms with E-state index < -0.39 is 5.91 Å². The van der Waals surface area contributed by atoms with Gasteiger partial charge in [-0.1, -0.05) is 60.1 Å². The van der Waals surface area contributed by atoms with E-state index in [1.165, 1.54) is 0 Å². The summed E-state index contributed by atoms with van der Waals surface area (Å²) in [6, 6.07) is 15.8. The van der Waals surface area contributed by atoms with E-state index in [1.54, 1.807) is 6.07 Å². The third-order valence-electron chi connectivity index (χ3n) is 6.78. The maximum atomic E-state index is 13.7. The minimum absolute atomic E-state index is 0.133. The Morgan fingerprint density at radius 3 is 2.61 bits per heavy atom. The molecule has 0 saturated heterocycles. The van der Waals surface area contributed by atoms with Gasteiger partial charge in [0.2, 0.25) is 0 Å². The summed E-state index contributed by atoms with van der Waals surface area (Å²) in [7, 11) is 0. The van der Waals surface area contributed by atoms with Crippen LogP contribution in [0.5, 0.6) is 11.5 Å². The van der Waals surface area contributed by atoms with Gasteiger partial charge in [0, 0.05) is 27.7 Å². The van der Waals surface area contributed by atoms with Crippen molar-refractivity contribution in [1.29, 1.82) is 0 Å². The number of hydrogen-bond acceptors (Lipinski definition) is 5. The molecular weight excluding hydrogens is 520 g/mol. The Bertz CT molecular complexity index is 1430. The summed E-state index contributed by atoms with van der Waals surface area (Å²) in [6.07, 6.45) is 1.29. The highest BCUT2D eigenvalue weighted by Crippen LogP contribution is 2.53. The van der Waals surface area contributed by atoms with Gasteiger partial charge < -0.3 is 20.5 Å². The van der Waals surface area contributed by atoms with Crippen LogP contribution < -0.4 is 20.5 Å². The van der Waals surface area contributed by atoms with E-state index in [0.717, 1.165) is 49.6 Å². The normalized spacial score (nSPS) is 18.3. The second kappa shape index (κ2) is 9.28. The van der Waals surface area contributed by atoms with E-state index in [0.29, 0.717) is 24.5 Å². The van der Waals surface area contributed by atoms with Crippen LogP contribution >= 0.6 is 15.9 Å². The lowest BCUT2D eigenvalue weighted by molar-refractivity contribution is -0.120. The van der Waals surface area contributed by atoms with Crippen molar-refractivity contribution < 1.29 is 19.1 Å². The summed E-state index contributed by atoms with van der Waals surface area (Å²) < 4.78 is 12.2. The number of fused-ring (bicyclic) bond motifs is 4. The summed E-state index contributed by atoms with van der Waals surface area (Å²) in [5, 5.41) is 5.95. The Kier molecular flexibility index (Phi) is 6.29. The Morgan fingerprint density at radius 1 is 1.11 bits per heavy atom. The lowest BCUT2D eigenvalue weighted by Crippen LogP contribution is -2.33. The predicted molar refractivity (Wildman–Crippen MR) is 145 cm³/mol. The van der Waals surface area contributed by atoms with E-state index in [-0.39, 0.29) is 23.8 Å². The second-order valence-electron chi connectivity index (χ2n) is 10.1. The largest absolute Gasteiger partial charge is 0.490 e. The first kappa shape index (κ1) is 24.4. The number of ether oxygens (including phenoxy) is 2. The fourth-order valence-electron chi connectivity index (χ4n) is 5.37. The second-order valence-corrected chi connectivity index (χ2v) is 11.0. The number of nitrogens with one attached hydrogen (secondary N) is 1. The molecule has 2 aliphatic rings. The zero-order valence-corrected chi connectivity index (χ0v) is 22.2. The molecule has 0 bridgehead atoms. The highest BCUT2D eigenvalue weighted by Gasteiger charge is 2.41. The van der Waals surface area contributed by atoms with Crippen LogP contribution in [0.1, 0.15) is 50.8 Å². The maximum absolute atomic E-state index is 13.7. The lowest BCUT2D eigenvalue weighted by atomic mass is 9.68. The molecule has 1 aliphatic carbocycles. The first-order valence-corrected chi connectivity index (χ1v) is 12.9. The number of hydrogen-bond donors (Lipinski definition) is 2. The van der Waals surface area contributed by atoms with Crippen LogP contribution in [0.15, 0.2) is 58.6 Å². The van der Waals surface area contributed by atoms with Crippen LogP contribution in [0, 0.1) is 5.41 Å². The van der Waals surface area contributed by atoms with Gasteiger partial charge in [-0.2, -0.15) is 0 Å². The quantitative estimate of drug-likeness (QED) is 0.384. The maximum Gasteiger partial charge on any atom is 0.255 e. The van der Waals surface area contributed by atoms with Crippen molar-refractivity contribution in [2.45, 2.75) is 39.7 Å². The zero-order valence-electron chi connectivity index (χ0n) is 20.6. The van der Waals surface area contributed by atoms with Crippen LogP contribution in [-0.4, -0.2) is 24.9 Å². The average molecular weight is 549 g/mol. The third kappa shape index (κ3) is 4.37. The Hall–Kier alpha value is -3.32. The molecule has 5 rings (SSSR count). The van der Waals surface area contributed by atoms with E-state index in [1.807, 2.05) is 25.1 Å². The number of nitrogens with two attached hydrogens (primary N) is 1. The number of Topliss-reactive ketones (excluding diaryl/α,β-unsaturated/α-hetero) is 1. The molecule has 7 heteroatoms. The average Bonchev–Trinajstić information content (AvgIpc) is 2.82. The molecular formula is C29H29BrN2O4. The predicted octanol–water partition coefficient (Wildman–Crippen LogP) is 6.17. The van der Waals surface area contributed by atoms with Gasteiger partial charge in [-0.3, -0.25) is 9.59 Å². The molecule has 1 aliphatic heterocycles. The molecule has 0 saturated carbocycles. The first-order valence-electron chi connectivity index (χ1n) is 12.1. The van der Waals surface area contributed by atoms with Crippen molar-refractivity contribution in [2.75, 3.05) is 18.5 Å². The lowest BCUT2D eigenvalue weighted by Gasteiger charge is -2.40. The van der Waals surface area contributed by atoms with Crippen LogP contribution in [0.4, 0.5) is 5.69 Å². The molecule has 36 heavy (non-hydrogen) atoms. The SMILES string of the molecule is CCOc1cc(C2Nc3ccc4ccccc4c3C3=C2C(=O)CC(C)(C)C3)c(Br)cc1OCC(N)=O. The molecule has 1 amide bonds. The number of halogens is 1. The van der Waals surface area contributed by atoms with Gasteiger partial charge in [0.1, 0.15) is 0 Å². The standard InChI is InChI=1S/C29H29BrN2O4/c1-4-35-23-11-18(20(30)12-24(23)36-15-25(31)34)28-27-19(13-29(2,3)14-22(27)33)26-17-8-6-5-7-16(17)9-10-21(26)32-28/h5-12,28,32H,4,13-15H2,1-3H3,(H2,31,34). The summed E-state index contributed by atoms with van der Waals surface area (Å²) in [5.74, 6) is 0.490. The molecule has 1 heterocycles. The van der Waals surface area contributed by atoms with Crippen LogP contribution in [-0.2, 0) is 9.59 Å². The number of rotatable bonds is 6. The molecule has 6 nitrogen and oxygen atoms in total. The van der Waals surface area contributed by atoms with Crippen molar-refractivity contribution >= 4 is 49.7 Å². The molecule has 0 radical (unpaired) electrons. The van der Waals surface area contributed by atoms with Crippen molar-refractivity contribution in [3.8, 4) is 11.5 Å². The van der Waals surface area contributed by atoms with Crippen molar-refractivity contribution in [1.82, 2.24) is 0 Å². The number of benzene rings is 3. The van der Waals surface area contributed by atoms with Gasteiger partial charge >= 0.3 is 0 Å². The summed E-state index contributed by atoms with van der Waals surface area (Å²) in [5.41, 5.74) is 10.0. The van der Waals surface area contributed by atoms with Crippen molar-refractivity contribution in [3.05, 3.63) is 69.7 Å². The monoisotopic (exact) mass is 548 g/mol. The van der Waals surface area contributed by atoms with Gasteiger partial charge in [0.25, 0.3) is 5.91 Å². The molecule has 0 spiro atoms. The molecule has 0 aromatic heterocycles. The Balaban J connectivity index is 1.70. The number of ketones is 1. The highest BCUT2D eigenvalue weighted by molar-refractivity contribution is 9.10. The Morgan fingerprint density at radius 2 is 1.86 bits per heavy atom. The van der Waals surface area contributed by atoms with Gasteiger partial charge in [0.05, 0.1) is 12.6 Å². The van der Waals surface area contributed by atoms with Crippen LogP contribution in [0.25, 0.3) is 16.3 Å². The number of allylic oxidation sites excluding steroid dienone is 1. The molecule has 1 atom stereocenters. The van der Waals surface area contributed by atoms with E-state index in [4.69, 9.17) is 15.2 Å². The summed E-state index contributed by atoms with van der Waals surface area (Å²) in [6.45, 7) is 6.36. The summed E-state index contributed by atoms with van der Waals surface area (Å²) >= 11 is 3.69. The third-order valence-corrected chi connectivity index (χ3v) is 7.47. The van der Waals surface area contributed by atoms with Gasteiger partial charge in [-0.15, -0.1) is 0 Å². The topological polar surface area (TPSA) is 90.7 Å². The molecule has 0 fully saturated rings. The van der Waals surface area contributed by atoms with Crippen LogP contribution in [0.2, 0.25) is 0 Å².